The summed E-state index contributed by atoms with van der Waals surface area (Å²) in [6.07, 6.45) is 11.6. The van der Waals surface area contributed by atoms with E-state index in [1.807, 2.05) is 0 Å². The first-order valence-corrected chi connectivity index (χ1v) is 5.26. The van der Waals surface area contributed by atoms with E-state index in [0.717, 1.165) is 12.3 Å². The van der Waals surface area contributed by atoms with Crippen LogP contribution >= 0.6 is 0 Å². The van der Waals surface area contributed by atoms with Gasteiger partial charge in [-0.25, -0.2) is 0 Å². The van der Waals surface area contributed by atoms with Crippen LogP contribution in [0, 0.1) is 30.3 Å². The van der Waals surface area contributed by atoms with Gasteiger partial charge in [0.2, 0.25) is 0 Å². The fraction of sp³-hybridized carbons (Fsp3) is 0.833. The Labute approximate surface area is 81.9 Å². The average Bonchev–Trinajstić information content (AvgIpc) is 2.04. The van der Waals surface area contributed by atoms with Crippen LogP contribution in [0.25, 0.3) is 0 Å². The van der Waals surface area contributed by atoms with E-state index < -0.39 is 0 Å². The maximum atomic E-state index is 5.35. The lowest BCUT2D eigenvalue weighted by atomic mass is 9.75. The summed E-state index contributed by atoms with van der Waals surface area (Å²) in [5.74, 6) is 2.12. The van der Waals surface area contributed by atoms with Gasteiger partial charge in [-0.15, -0.1) is 0 Å². The molecule has 1 aliphatic rings. The summed E-state index contributed by atoms with van der Waals surface area (Å²) in [5.41, 5.74) is 0. The molecule has 0 aromatic heterocycles. The van der Waals surface area contributed by atoms with E-state index in [0.29, 0.717) is 17.9 Å². The molecule has 1 aliphatic carbocycles. The minimum atomic E-state index is 0.300. The van der Waals surface area contributed by atoms with Crippen LogP contribution < -0.4 is 0 Å². The highest BCUT2D eigenvalue weighted by atomic mass is 16.5. The second-order valence-electron chi connectivity index (χ2n) is 4.60. The second-order valence-corrected chi connectivity index (χ2v) is 4.60. The summed E-state index contributed by atoms with van der Waals surface area (Å²) in [5, 5.41) is 0. The van der Waals surface area contributed by atoms with Crippen molar-refractivity contribution in [1.29, 1.82) is 0 Å². The van der Waals surface area contributed by atoms with Gasteiger partial charge in [-0.3, -0.25) is 0 Å². The van der Waals surface area contributed by atoms with Crippen LogP contribution in [0.5, 0.6) is 0 Å². The van der Waals surface area contributed by atoms with Crippen LogP contribution in [-0.4, -0.2) is 6.10 Å². The van der Waals surface area contributed by atoms with Gasteiger partial charge in [0.1, 0.15) is 12.2 Å². The van der Waals surface area contributed by atoms with E-state index in [2.05, 4.69) is 26.9 Å². The molecule has 0 aliphatic heterocycles. The molecule has 0 amide bonds. The Kier molecular flexibility index (Phi) is 3.66. The predicted octanol–water partition coefficient (Wildman–Crippen LogP) is 3.05. The molecule has 0 radical (unpaired) electrons. The molecule has 13 heavy (non-hydrogen) atoms. The Morgan fingerprint density at radius 1 is 1.38 bits per heavy atom. The molecule has 1 rings (SSSR count). The highest BCUT2D eigenvalue weighted by Gasteiger charge is 2.31. The van der Waals surface area contributed by atoms with Gasteiger partial charge in [-0.05, 0) is 30.6 Å². The first-order chi connectivity index (χ1) is 6.15. The molecule has 1 saturated carbocycles. The summed E-state index contributed by atoms with van der Waals surface area (Å²) in [6.45, 7) is 6.80. The summed E-state index contributed by atoms with van der Waals surface area (Å²) in [6, 6.07) is 0. The molecule has 1 fully saturated rings. The molecule has 1 heteroatoms. The molecule has 0 saturated heterocycles. The van der Waals surface area contributed by atoms with Gasteiger partial charge in [0.25, 0.3) is 0 Å². The summed E-state index contributed by atoms with van der Waals surface area (Å²) >= 11 is 0. The van der Waals surface area contributed by atoms with Crippen molar-refractivity contribution in [2.45, 2.75) is 46.1 Å². The van der Waals surface area contributed by atoms with Gasteiger partial charge in [0, 0.05) is 0 Å². The van der Waals surface area contributed by atoms with Crippen LogP contribution in [0.3, 0.4) is 0 Å². The summed E-state index contributed by atoms with van der Waals surface area (Å²) in [4.78, 5) is 0. The molecule has 0 aromatic carbocycles. The number of rotatable bonds is 2. The fourth-order valence-electron chi connectivity index (χ4n) is 2.34. The fourth-order valence-corrected chi connectivity index (χ4v) is 2.34. The van der Waals surface area contributed by atoms with Crippen LogP contribution in [0.2, 0.25) is 0 Å². The Morgan fingerprint density at radius 3 is 2.62 bits per heavy atom. The topological polar surface area (TPSA) is 9.23 Å². The van der Waals surface area contributed by atoms with Crippen LogP contribution in [0.4, 0.5) is 0 Å². The van der Waals surface area contributed by atoms with Crippen LogP contribution in [0.15, 0.2) is 0 Å². The van der Waals surface area contributed by atoms with E-state index in [1.165, 1.54) is 12.8 Å². The Bertz CT molecular complexity index is 190. The van der Waals surface area contributed by atoms with Crippen molar-refractivity contribution in [3.05, 3.63) is 0 Å². The molecular formula is C12H20O. The van der Waals surface area contributed by atoms with E-state index in [4.69, 9.17) is 11.2 Å². The van der Waals surface area contributed by atoms with E-state index in [1.54, 1.807) is 0 Å². The molecule has 0 N–H and O–H groups in total. The highest BCUT2D eigenvalue weighted by molar-refractivity contribution is 4.84. The molecule has 1 nitrogen and oxygen atoms in total. The summed E-state index contributed by atoms with van der Waals surface area (Å²) < 4.78 is 5.35. The number of ether oxygens (including phenoxy) is 1. The molecular weight excluding hydrogens is 160 g/mol. The van der Waals surface area contributed by atoms with E-state index in [9.17, 15) is 0 Å². The zero-order chi connectivity index (χ0) is 9.84. The van der Waals surface area contributed by atoms with E-state index >= 15 is 0 Å². The molecule has 0 heterocycles. The Balaban J connectivity index is 2.56. The SMILES string of the molecule is C#CO[C@@H]1C[C@@H](C)CC[C@@H]1C(C)C. The smallest absolute Gasteiger partial charge is 0.114 e. The molecule has 0 aromatic rings. The zero-order valence-electron chi connectivity index (χ0n) is 8.92. The van der Waals surface area contributed by atoms with Crippen molar-refractivity contribution >= 4 is 0 Å². The van der Waals surface area contributed by atoms with Crippen molar-refractivity contribution < 1.29 is 4.74 Å². The average molecular weight is 180 g/mol. The number of hydrogen-bond acceptors (Lipinski definition) is 1. The third kappa shape index (κ3) is 2.66. The van der Waals surface area contributed by atoms with Crippen molar-refractivity contribution in [2.24, 2.45) is 17.8 Å². The third-order valence-corrected chi connectivity index (χ3v) is 3.18. The minimum Gasteiger partial charge on any atom is -0.443 e. The van der Waals surface area contributed by atoms with Crippen molar-refractivity contribution in [1.82, 2.24) is 0 Å². The Morgan fingerprint density at radius 2 is 2.08 bits per heavy atom. The number of terminal acetylenes is 1. The zero-order valence-corrected chi connectivity index (χ0v) is 8.92. The summed E-state index contributed by atoms with van der Waals surface area (Å²) in [7, 11) is 0. The quantitative estimate of drug-likeness (QED) is 0.593. The lowest BCUT2D eigenvalue weighted by Crippen LogP contribution is -2.33. The van der Waals surface area contributed by atoms with E-state index in [-0.39, 0.29) is 0 Å². The normalized spacial score (nSPS) is 34.2. The number of hydrogen-bond donors (Lipinski definition) is 0. The highest BCUT2D eigenvalue weighted by Crippen LogP contribution is 2.34. The monoisotopic (exact) mass is 180 g/mol. The van der Waals surface area contributed by atoms with Gasteiger partial charge >= 0.3 is 0 Å². The molecule has 74 valence electrons. The maximum absolute atomic E-state index is 5.35. The van der Waals surface area contributed by atoms with Gasteiger partial charge < -0.3 is 4.74 Å². The third-order valence-electron chi connectivity index (χ3n) is 3.18. The van der Waals surface area contributed by atoms with Gasteiger partial charge in [-0.1, -0.05) is 33.6 Å². The largest absolute Gasteiger partial charge is 0.443 e. The minimum absolute atomic E-state index is 0.300. The predicted molar refractivity (Wildman–Crippen MR) is 55.0 cm³/mol. The Hall–Kier alpha value is -0.640. The standard InChI is InChI=1S/C12H20O/c1-5-13-12-8-10(4)6-7-11(12)9(2)3/h1,9-12H,6-8H2,2-4H3/t10-,11+,12+/m0/s1. The van der Waals surface area contributed by atoms with Crippen LogP contribution in [-0.2, 0) is 4.74 Å². The van der Waals surface area contributed by atoms with Crippen molar-refractivity contribution in [3.8, 4) is 12.5 Å². The lowest BCUT2D eigenvalue weighted by Gasteiger charge is -2.35. The van der Waals surface area contributed by atoms with Gasteiger partial charge in [-0.2, -0.15) is 0 Å². The molecule has 0 spiro atoms. The van der Waals surface area contributed by atoms with Crippen molar-refractivity contribution in [3.63, 3.8) is 0 Å². The second kappa shape index (κ2) is 4.56. The lowest BCUT2D eigenvalue weighted by molar-refractivity contribution is 0.0254. The molecule has 0 unspecified atom stereocenters. The van der Waals surface area contributed by atoms with Gasteiger partial charge in [0.15, 0.2) is 0 Å². The molecule has 0 bridgehead atoms. The first kappa shape index (κ1) is 10.4. The first-order valence-electron chi connectivity index (χ1n) is 5.26. The maximum Gasteiger partial charge on any atom is 0.114 e. The van der Waals surface area contributed by atoms with Crippen LogP contribution in [0.1, 0.15) is 40.0 Å². The van der Waals surface area contributed by atoms with Crippen molar-refractivity contribution in [2.75, 3.05) is 0 Å². The molecule has 3 atom stereocenters. The van der Waals surface area contributed by atoms with Gasteiger partial charge in [0.05, 0.1) is 0 Å².